The molecular formula is C14H10ClN3O4S. The summed E-state index contributed by atoms with van der Waals surface area (Å²) in [5, 5.41) is 14.5. The van der Waals surface area contributed by atoms with Crippen LogP contribution >= 0.6 is 22.9 Å². The fourth-order valence-corrected chi connectivity index (χ4v) is 2.89. The van der Waals surface area contributed by atoms with Crippen LogP contribution in [0.1, 0.15) is 11.1 Å². The summed E-state index contributed by atoms with van der Waals surface area (Å²) in [4.78, 5) is 25.9. The van der Waals surface area contributed by atoms with Gasteiger partial charge in [-0.25, -0.2) is 4.98 Å². The SMILES string of the molecule is Cc1cc2occ(CC(=O)Nc3ncc([N+](=O)[O-])s3)c2cc1Cl. The molecule has 0 saturated carbocycles. The first kappa shape index (κ1) is 15.4. The van der Waals surface area contributed by atoms with E-state index >= 15 is 0 Å². The Bertz CT molecular complexity index is 918. The minimum Gasteiger partial charge on any atom is -0.464 e. The summed E-state index contributed by atoms with van der Waals surface area (Å²) in [7, 11) is 0. The molecule has 2 heterocycles. The number of nitrogens with one attached hydrogen (secondary N) is 1. The fraction of sp³-hybridized carbons (Fsp3) is 0.143. The van der Waals surface area contributed by atoms with Crippen molar-refractivity contribution < 1.29 is 14.1 Å². The Kier molecular flexibility index (Phi) is 4.01. The van der Waals surface area contributed by atoms with Gasteiger partial charge < -0.3 is 9.73 Å². The van der Waals surface area contributed by atoms with Crippen molar-refractivity contribution in [2.45, 2.75) is 13.3 Å². The Morgan fingerprint density at radius 2 is 2.30 bits per heavy atom. The van der Waals surface area contributed by atoms with Gasteiger partial charge in [0, 0.05) is 16.0 Å². The lowest BCUT2D eigenvalue weighted by Crippen LogP contribution is -2.13. The van der Waals surface area contributed by atoms with Crippen molar-refractivity contribution in [2.75, 3.05) is 5.32 Å². The molecule has 9 heteroatoms. The first-order valence-electron chi connectivity index (χ1n) is 6.50. The van der Waals surface area contributed by atoms with Crippen molar-refractivity contribution in [1.82, 2.24) is 4.98 Å². The number of carbonyl (C=O) groups excluding carboxylic acids is 1. The molecule has 0 unspecified atom stereocenters. The molecule has 0 fully saturated rings. The third-order valence-corrected chi connectivity index (χ3v) is 4.48. The van der Waals surface area contributed by atoms with E-state index < -0.39 is 4.92 Å². The number of aromatic nitrogens is 1. The van der Waals surface area contributed by atoms with E-state index in [1.807, 2.05) is 13.0 Å². The normalized spacial score (nSPS) is 10.9. The standard InChI is InChI=1S/C14H10ClN3O4S/c1-7-2-11-9(4-10(7)15)8(6-22-11)3-12(19)17-14-16-5-13(23-14)18(20)21/h2,4-6H,3H2,1H3,(H,16,17,19). The number of anilines is 1. The molecular weight excluding hydrogens is 342 g/mol. The second kappa shape index (κ2) is 5.98. The zero-order valence-electron chi connectivity index (χ0n) is 11.8. The Hall–Kier alpha value is -2.45. The van der Waals surface area contributed by atoms with Crippen molar-refractivity contribution in [2.24, 2.45) is 0 Å². The molecule has 1 amide bonds. The Morgan fingerprint density at radius 3 is 3.00 bits per heavy atom. The monoisotopic (exact) mass is 351 g/mol. The molecule has 0 bridgehead atoms. The van der Waals surface area contributed by atoms with E-state index in [-0.39, 0.29) is 22.5 Å². The maximum atomic E-state index is 12.1. The number of hydrogen-bond donors (Lipinski definition) is 1. The van der Waals surface area contributed by atoms with Gasteiger partial charge in [0.15, 0.2) is 5.13 Å². The molecule has 0 aliphatic rings. The van der Waals surface area contributed by atoms with E-state index in [4.69, 9.17) is 16.0 Å². The highest BCUT2D eigenvalue weighted by atomic mass is 35.5. The molecule has 3 rings (SSSR count). The van der Waals surface area contributed by atoms with Crippen molar-refractivity contribution in [3.05, 3.63) is 50.9 Å². The first-order valence-corrected chi connectivity index (χ1v) is 7.70. The Labute approximate surface area is 139 Å². The number of fused-ring (bicyclic) bond motifs is 1. The fourth-order valence-electron chi connectivity index (χ4n) is 2.08. The minimum atomic E-state index is -0.554. The van der Waals surface area contributed by atoms with Gasteiger partial charge in [-0.15, -0.1) is 0 Å². The summed E-state index contributed by atoms with van der Waals surface area (Å²) in [6, 6.07) is 3.57. The smallest absolute Gasteiger partial charge is 0.345 e. The lowest BCUT2D eigenvalue weighted by molar-refractivity contribution is -0.380. The molecule has 0 aliphatic heterocycles. The highest BCUT2D eigenvalue weighted by Gasteiger charge is 2.16. The van der Waals surface area contributed by atoms with Gasteiger partial charge in [0.1, 0.15) is 11.8 Å². The quantitative estimate of drug-likeness (QED) is 0.567. The van der Waals surface area contributed by atoms with Crippen LogP contribution in [0.4, 0.5) is 10.1 Å². The second-order valence-corrected chi connectivity index (χ2v) is 6.26. The number of hydrogen-bond acceptors (Lipinski definition) is 6. The zero-order valence-corrected chi connectivity index (χ0v) is 13.4. The van der Waals surface area contributed by atoms with Crippen LogP contribution in [0.25, 0.3) is 11.0 Å². The zero-order chi connectivity index (χ0) is 16.6. The summed E-state index contributed by atoms with van der Waals surface area (Å²) < 4.78 is 5.43. The number of benzene rings is 1. The van der Waals surface area contributed by atoms with Gasteiger partial charge >= 0.3 is 5.00 Å². The van der Waals surface area contributed by atoms with Crippen molar-refractivity contribution in [1.29, 1.82) is 0 Å². The molecule has 1 N–H and O–H groups in total. The summed E-state index contributed by atoms with van der Waals surface area (Å²) in [5.41, 5.74) is 2.23. The number of nitro groups is 1. The molecule has 7 nitrogen and oxygen atoms in total. The maximum Gasteiger partial charge on any atom is 0.345 e. The van der Waals surface area contributed by atoms with Gasteiger partial charge in [-0.05, 0) is 36.0 Å². The number of aryl methyl sites for hydroxylation is 1. The highest BCUT2D eigenvalue weighted by Crippen LogP contribution is 2.29. The van der Waals surface area contributed by atoms with Crippen molar-refractivity contribution in [3.63, 3.8) is 0 Å². The minimum absolute atomic E-state index is 0.0553. The summed E-state index contributed by atoms with van der Waals surface area (Å²) in [6.45, 7) is 1.87. The predicted octanol–water partition coefficient (Wildman–Crippen LogP) is 3.94. The van der Waals surface area contributed by atoms with E-state index in [1.54, 1.807) is 6.07 Å². The average molecular weight is 352 g/mol. The number of furan rings is 1. The number of amides is 1. The molecule has 2 aromatic heterocycles. The number of halogens is 1. The van der Waals surface area contributed by atoms with Crippen molar-refractivity contribution in [3.8, 4) is 0 Å². The van der Waals surface area contributed by atoms with Crippen LogP contribution in [-0.4, -0.2) is 15.8 Å². The topological polar surface area (TPSA) is 98.3 Å². The molecule has 0 aliphatic carbocycles. The van der Waals surface area contributed by atoms with E-state index in [1.165, 1.54) is 6.26 Å². The van der Waals surface area contributed by atoms with E-state index in [0.29, 0.717) is 16.2 Å². The van der Waals surface area contributed by atoms with Crippen LogP contribution in [0.5, 0.6) is 0 Å². The molecule has 118 valence electrons. The largest absolute Gasteiger partial charge is 0.464 e. The number of thiazole rings is 1. The van der Waals surface area contributed by atoms with E-state index in [9.17, 15) is 14.9 Å². The second-order valence-electron chi connectivity index (χ2n) is 4.84. The molecule has 3 aromatic rings. The lowest BCUT2D eigenvalue weighted by atomic mass is 10.1. The van der Waals surface area contributed by atoms with Gasteiger partial charge in [0.25, 0.3) is 0 Å². The molecule has 23 heavy (non-hydrogen) atoms. The summed E-state index contributed by atoms with van der Waals surface area (Å²) >= 11 is 6.90. The van der Waals surface area contributed by atoms with Crippen LogP contribution in [0.15, 0.2) is 29.0 Å². The molecule has 0 atom stereocenters. The maximum absolute atomic E-state index is 12.1. The highest BCUT2D eigenvalue weighted by molar-refractivity contribution is 7.18. The average Bonchev–Trinajstić information content (AvgIpc) is 3.08. The van der Waals surface area contributed by atoms with Gasteiger partial charge in [0.2, 0.25) is 5.91 Å². The lowest BCUT2D eigenvalue weighted by Gasteiger charge is -2.01. The molecule has 1 aromatic carbocycles. The van der Waals surface area contributed by atoms with E-state index in [0.717, 1.165) is 28.5 Å². The summed E-state index contributed by atoms with van der Waals surface area (Å²) in [5.74, 6) is -0.339. The van der Waals surface area contributed by atoms with E-state index in [2.05, 4.69) is 10.3 Å². The van der Waals surface area contributed by atoms with Gasteiger partial charge in [0.05, 0.1) is 17.6 Å². The number of carbonyl (C=O) groups is 1. The van der Waals surface area contributed by atoms with Crippen molar-refractivity contribution >= 4 is 49.9 Å². The third kappa shape index (κ3) is 3.17. The van der Waals surface area contributed by atoms with Gasteiger partial charge in [-0.3, -0.25) is 14.9 Å². The Morgan fingerprint density at radius 1 is 1.52 bits per heavy atom. The summed E-state index contributed by atoms with van der Waals surface area (Å²) in [6.07, 6.45) is 2.67. The number of rotatable bonds is 4. The van der Waals surface area contributed by atoms with Gasteiger partial charge in [-0.1, -0.05) is 11.6 Å². The Balaban J connectivity index is 1.77. The first-order chi connectivity index (χ1) is 10.9. The van der Waals surface area contributed by atoms with Gasteiger partial charge in [-0.2, -0.15) is 0 Å². The molecule has 0 spiro atoms. The van der Waals surface area contributed by atoms with Crippen LogP contribution in [0.2, 0.25) is 5.02 Å². The predicted molar refractivity (Wildman–Crippen MR) is 87.1 cm³/mol. The van der Waals surface area contributed by atoms with Crippen LogP contribution < -0.4 is 5.32 Å². The van der Waals surface area contributed by atoms with Crippen LogP contribution in [-0.2, 0) is 11.2 Å². The number of nitrogens with zero attached hydrogens (tertiary/aromatic N) is 2. The van der Waals surface area contributed by atoms with Crippen LogP contribution in [0, 0.1) is 17.0 Å². The molecule has 0 radical (unpaired) electrons. The molecule has 0 saturated heterocycles. The van der Waals surface area contributed by atoms with Crippen LogP contribution in [0.3, 0.4) is 0 Å². The third-order valence-electron chi connectivity index (χ3n) is 3.21.